The molecule has 2 aliphatic heterocycles. The molecule has 32 nitrogen and oxygen atoms in total. The number of hydrogen-bond donors (Lipinski definition) is 9. The van der Waals surface area contributed by atoms with E-state index in [9.17, 15) is 62.6 Å². The number of rotatable bonds is 51. The number of methoxy groups -OCH3 is 2. The first-order valence-corrected chi connectivity index (χ1v) is 41.4. The summed E-state index contributed by atoms with van der Waals surface area (Å²) in [4.78, 5) is 168. The van der Waals surface area contributed by atoms with Crippen LogP contribution in [0.2, 0.25) is 0 Å². The minimum absolute atomic E-state index is 0.0200. The van der Waals surface area contributed by atoms with Crippen LogP contribution >= 0.6 is 0 Å². The van der Waals surface area contributed by atoms with E-state index in [2.05, 4.69) is 49.1 Å². The van der Waals surface area contributed by atoms with Crippen molar-refractivity contribution >= 4 is 82.6 Å². The van der Waals surface area contributed by atoms with Crippen molar-refractivity contribution in [1.29, 1.82) is 0 Å². The Labute approximate surface area is 705 Å². The van der Waals surface area contributed by atoms with E-state index in [1.807, 2.05) is 68.4 Å². The van der Waals surface area contributed by atoms with E-state index in [1.165, 1.54) is 26.2 Å². The molecule has 12 amide bonds. The van der Waals surface area contributed by atoms with Crippen LogP contribution in [0, 0.1) is 41.4 Å². The maximum absolute atomic E-state index is 14.9. The molecule has 2 aliphatic rings. The standard InChI is InChI=1S/C88H126N12O20/c1-14-59(8)79(71(114-12)53-75(104)99-43-23-31-70(99)80(115-13)60(9)81(105)94-68(86(110)111)52-61-24-16-15-17-25-61)97(10)85(109)77(57(4)5)96-84(108)78(58(6)7)98(11)88(113)120-55-62-32-36-66(37-33-62)92-82(106)67(29-22-41-91-87(89)112)93-83(107)76(56(2)3)95-73(102)40-44-116-46-48-118-50-51-119-49-47-117-45-42-90-72(101)38-39-74(103)100-54-65-28-19-18-26-63(65)34-35-64-27-20-21-30-69(64)100/h15-21,24-28,30,32-33,36-37,56-60,67-68,70-71,76-80H,14,22-23,29,31,38-55H2,1-13H3,(H,90,101)(H,92,106)(H,93,107)(H,94,105)(H,95,102)(H,96,108)(H,110,111)(H3,89,91,112)/t59?,60?,67?,68?,70-,71?,76?,77?,78?,79?,80?/m1/s1. The number of fused-ring (bicyclic) bond motifs is 2. The van der Waals surface area contributed by atoms with Crippen LogP contribution in [0.3, 0.4) is 0 Å². The highest BCUT2D eigenvalue weighted by Crippen LogP contribution is 2.32. The number of hydrogen-bond acceptors (Lipinski definition) is 19. The lowest BCUT2D eigenvalue weighted by Gasteiger charge is -2.41. The van der Waals surface area contributed by atoms with E-state index in [1.54, 1.807) is 114 Å². The lowest BCUT2D eigenvalue weighted by Crippen LogP contribution is -2.60. The number of aliphatic carboxylic acids is 1. The molecule has 0 bridgehead atoms. The lowest BCUT2D eigenvalue weighted by molar-refractivity contribution is -0.148. The highest BCUT2D eigenvalue weighted by Gasteiger charge is 2.44. The normalized spacial score (nSPS) is 15.5. The number of likely N-dealkylation sites (tertiary alicyclic amines) is 1. The number of primary amides is 1. The van der Waals surface area contributed by atoms with Crippen molar-refractivity contribution in [1.82, 2.24) is 46.6 Å². The van der Waals surface area contributed by atoms with Gasteiger partial charge in [-0.3, -0.25) is 48.1 Å². The van der Waals surface area contributed by atoms with Gasteiger partial charge in [-0.05, 0) is 96.4 Å². The predicted octanol–water partition coefficient (Wildman–Crippen LogP) is 6.46. The molecule has 658 valence electrons. The average Bonchev–Trinajstić information content (AvgIpc) is 1.28. The van der Waals surface area contributed by atoms with Gasteiger partial charge in [-0.2, -0.15) is 0 Å². The number of carbonyl (C=O) groups is 12. The fourth-order valence-electron chi connectivity index (χ4n) is 14.5. The quantitative estimate of drug-likeness (QED) is 0.0169. The Hall–Kier alpha value is -10.6. The molecular formula is C88H126N12O20. The Morgan fingerprint density at radius 1 is 0.583 bits per heavy atom. The molecule has 4 aromatic rings. The SMILES string of the molecule is CCC(C)C(C(CC(=O)N1CCC[C@@H]1C(OC)C(C)C(=O)NC(Cc1ccccc1)C(=O)O)OC)N(C)C(=O)C(NC(=O)C(C(C)C)N(C)C(=O)OCc1ccc(NC(=O)C(CCCNC(N)=O)NC(=O)C(NC(=O)CCOCCOCCOCCOCCNC(=O)CCC(=O)N2Cc3ccccc3C#Cc3ccccc32)C(C)C)cc1)C(C)C. The molecule has 11 atom stereocenters. The van der Waals surface area contributed by atoms with Crippen molar-refractivity contribution in [2.24, 2.45) is 35.3 Å². The van der Waals surface area contributed by atoms with Gasteiger partial charge in [-0.25, -0.2) is 14.4 Å². The van der Waals surface area contributed by atoms with E-state index in [0.29, 0.717) is 55.9 Å². The molecule has 0 spiro atoms. The van der Waals surface area contributed by atoms with Gasteiger partial charge in [0.05, 0.1) is 102 Å². The number of anilines is 2. The summed E-state index contributed by atoms with van der Waals surface area (Å²) >= 11 is 0. The highest BCUT2D eigenvalue weighted by molar-refractivity contribution is 5.99. The summed E-state index contributed by atoms with van der Waals surface area (Å²) in [7, 11) is 5.96. The van der Waals surface area contributed by atoms with Gasteiger partial charge in [0.1, 0.15) is 36.8 Å². The van der Waals surface area contributed by atoms with Gasteiger partial charge in [0, 0.05) is 90.4 Å². The van der Waals surface area contributed by atoms with Gasteiger partial charge < -0.3 is 95.9 Å². The van der Waals surface area contributed by atoms with E-state index in [4.69, 9.17) is 38.9 Å². The van der Waals surface area contributed by atoms with Crippen LogP contribution in [0.4, 0.5) is 21.0 Å². The minimum Gasteiger partial charge on any atom is -0.480 e. The number of amides is 12. The van der Waals surface area contributed by atoms with E-state index >= 15 is 0 Å². The molecule has 2 heterocycles. The first-order chi connectivity index (χ1) is 57.4. The van der Waals surface area contributed by atoms with Crippen molar-refractivity contribution in [2.75, 3.05) is 111 Å². The zero-order chi connectivity index (χ0) is 88.0. The molecule has 6 rings (SSSR count). The zero-order valence-electron chi connectivity index (χ0n) is 71.7. The number of nitrogens with one attached hydrogen (secondary N) is 7. The monoisotopic (exact) mass is 1670 g/mol. The van der Waals surface area contributed by atoms with Crippen molar-refractivity contribution in [3.8, 4) is 11.8 Å². The molecule has 32 heteroatoms. The zero-order valence-corrected chi connectivity index (χ0v) is 71.7. The van der Waals surface area contributed by atoms with Gasteiger partial charge in [0.2, 0.25) is 53.2 Å². The molecule has 10 unspecified atom stereocenters. The summed E-state index contributed by atoms with van der Waals surface area (Å²) < 4.78 is 40.1. The number of ether oxygens (including phenoxy) is 7. The van der Waals surface area contributed by atoms with Gasteiger partial charge in [-0.1, -0.05) is 153 Å². The first-order valence-electron chi connectivity index (χ1n) is 41.4. The van der Waals surface area contributed by atoms with E-state index in [-0.39, 0.29) is 135 Å². The molecule has 1 saturated heterocycles. The van der Waals surface area contributed by atoms with Crippen LogP contribution < -0.4 is 47.9 Å². The van der Waals surface area contributed by atoms with E-state index in [0.717, 1.165) is 27.2 Å². The lowest BCUT2D eigenvalue weighted by atomic mass is 9.89. The largest absolute Gasteiger partial charge is 0.480 e. The third kappa shape index (κ3) is 31.2. The van der Waals surface area contributed by atoms with Crippen LogP contribution in [0.5, 0.6) is 0 Å². The summed E-state index contributed by atoms with van der Waals surface area (Å²) in [5, 5.41) is 29.2. The van der Waals surface area contributed by atoms with E-state index < -0.39 is 132 Å². The number of likely N-dealkylation sites (N-methyl/N-ethyl adjacent to an activating group) is 2. The number of carboxylic acid groups (broad SMARTS) is 1. The molecule has 0 saturated carbocycles. The fraction of sp³-hybridized carbons (Fsp3) is 0.568. The summed E-state index contributed by atoms with van der Waals surface area (Å²) in [6.07, 6.45) is -0.527. The second-order valence-electron chi connectivity index (χ2n) is 31.2. The summed E-state index contributed by atoms with van der Waals surface area (Å²) in [6, 6.07) is 22.9. The van der Waals surface area contributed by atoms with Crippen LogP contribution in [0.25, 0.3) is 0 Å². The second-order valence-corrected chi connectivity index (χ2v) is 31.2. The third-order valence-corrected chi connectivity index (χ3v) is 21.3. The van der Waals surface area contributed by atoms with Crippen LogP contribution in [-0.2, 0) is 101 Å². The summed E-state index contributed by atoms with van der Waals surface area (Å²) in [5.41, 5.74) is 10.1. The number of urea groups is 1. The molecule has 4 aromatic carbocycles. The highest BCUT2D eigenvalue weighted by atomic mass is 16.6. The molecular weight excluding hydrogens is 1550 g/mol. The summed E-state index contributed by atoms with van der Waals surface area (Å²) in [5.74, 6) is -1.23. The predicted molar refractivity (Wildman–Crippen MR) is 450 cm³/mol. The Morgan fingerprint density at radius 2 is 1.19 bits per heavy atom. The number of benzene rings is 4. The molecule has 0 aromatic heterocycles. The Kier molecular flexibility index (Phi) is 41.9. The number of carboxylic acids is 1. The second kappa shape index (κ2) is 51.1. The summed E-state index contributed by atoms with van der Waals surface area (Å²) in [6.45, 7) is 18.8. The smallest absolute Gasteiger partial charge is 0.410 e. The molecule has 10 N–H and O–H groups in total. The third-order valence-electron chi connectivity index (χ3n) is 21.3. The Balaban J connectivity index is 0.905. The number of nitrogens with zero attached hydrogens (tertiary/aromatic N) is 4. The number of para-hydroxylation sites is 1. The Morgan fingerprint density at radius 3 is 1.81 bits per heavy atom. The molecule has 0 aliphatic carbocycles. The first kappa shape index (κ1) is 98.3. The van der Waals surface area contributed by atoms with Crippen LogP contribution in [-0.4, -0.2) is 246 Å². The fourth-order valence-corrected chi connectivity index (χ4v) is 14.5. The van der Waals surface area contributed by atoms with Crippen molar-refractivity contribution in [3.63, 3.8) is 0 Å². The average molecular weight is 1670 g/mol. The molecule has 120 heavy (non-hydrogen) atoms. The van der Waals surface area contributed by atoms with Gasteiger partial charge in [0.15, 0.2) is 0 Å². The molecule has 1 fully saturated rings. The van der Waals surface area contributed by atoms with Gasteiger partial charge in [-0.15, -0.1) is 0 Å². The van der Waals surface area contributed by atoms with Crippen LogP contribution in [0.1, 0.15) is 148 Å². The maximum atomic E-state index is 14.9. The van der Waals surface area contributed by atoms with Gasteiger partial charge >= 0.3 is 18.1 Å². The van der Waals surface area contributed by atoms with Crippen LogP contribution in [0.15, 0.2) is 103 Å². The minimum atomic E-state index is -1.20. The van der Waals surface area contributed by atoms with Gasteiger partial charge in [0.25, 0.3) is 0 Å². The molecule has 0 radical (unpaired) electrons. The topological polar surface area (TPSA) is 413 Å². The van der Waals surface area contributed by atoms with Crippen molar-refractivity contribution in [3.05, 3.63) is 131 Å². The van der Waals surface area contributed by atoms with Crippen molar-refractivity contribution in [2.45, 2.75) is 194 Å². The Bertz CT molecular complexity index is 4060. The van der Waals surface area contributed by atoms with Crippen molar-refractivity contribution < 1.29 is 95.8 Å². The number of carbonyl (C=O) groups excluding carboxylic acids is 11. The maximum Gasteiger partial charge on any atom is 0.410 e. The number of nitrogens with two attached hydrogens (primary N) is 1.